The highest BCUT2D eigenvalue weighted by molar-refractivity contribution is 7.87. The summed E-state index contributed by atoms with van der Waals surface area (Å²) in [5, 5.41) is 8.61. The monoisotopic (exact) mass is 933 g/mol. The zero-order valence-electron chi connectivity index (χ0n) is 38.5. The van der Waals surface area contributed by atoms with Crippen molar-refractivity contribution >= 4 is 56.3 Å². The normalized spacial score (nSPS) is 23.6. The number of allylic oxidation sites excluding steroid dienone is 1. The molecule has 65 heavy (non-hydrogen) atoms. The summed E-state index contributed by atoms with van der Waals surface area (Å²) in [5.41, 5.74) is 3.64. The number of thiazole rings is 1. The molecule has 0 saturated heterocycles. The first-order valence-corrected chi connectivity index (χ1v) is 24.7. The third-order valence-corrected chi connectivity index (χ3v) is 14.3. The van der Waals surface area contributed by atoms with Gasteiger partial charge in [-0.15, -0.1) is 11.3 Å². The van der Waals surface area contributed by atoms with E-state index in [-0.39, 0.29) is 40.9 Å². The van der Waals surface area contributed by atoms with Gasteiger partial charge >= 0.3 is 16.3 Å². The molecule has 3 aliphatic rings. The van der Waals surface area contributed by atoms with Crippen molar-refractivity contribution in [2.45, 2.75) is 129 Å². The number of benzene rings is 2. The number of aromatic nitrogens is 3. The van der Waals surface area contributed by atoms with Crippen LogP contribution in [0.2, 0.25) is 0 Å². The topological polar surface area (TPSA) is 191 Å². The van der Waals surface area contributed by atoms with Gasteiger partial charge in [0.25, 0.3) is 11.9 Å². The number of amides is 3. The number of Topliss-reactive ketones (excluding diaryl/α,β-unsaturated/α-hetero) is 1. The number of rotatable bonds is 10. The van der Waals surface area contributed by atoms with Gasteiger partial charge in [0.1, 0.15) is 27.8 Å². The first kappa shape index (κ1) is 47.6. The van der Waals surface area contributed by atoms with Gasteiger partial charge in [-0.05, 0) is 96.9 Å². The molecule has 354 valence electrons. The van der Waals surface area contributed by atoms with Crippen molar-refractivity contribution in [3.8, 4) is 16.6 Å². The van der Waals surface area contributed by atoms with Crippen molar-refractivity contribution in [1.82, 2.24) is 34.2 Å². The van der Waals surface area contributed by atoms with E-state index >= 15 is 0 Å². The summed E-state index contributed by atoms with van der Waals surface area (Å²) < 4.78 is 43.1. The second-order valence-electron chi connectivity index (χ2n) is 18.9. The predicted molar refractivity (Wildman–Crippen MR) is 257 cm³/mol. The van der Waals surface area contributed by atoms with E-state index in [1.165, 1.54) is 25.2 Å². The Morgan fingerprint density at radius 1 is 1.08 bits per heavy atom. The number of carbonyl (C=O) groups excluding carboxylic acids is 4. The average molecular weight is 934 g/mol. The minimum atomic E-state index is -4.17. The minimum absolute atomic E-state index is 0. The van der Waals surface area contributed by atoms with Gasteiger partial charge in [-0.25, -0.2) is 14.5 Å². The van der Waals surface area contributed by atoms with Gasteiger partial charge in [0.15, 0.2) is 5.78 Å². The zero-order chi connectivity index (χ0) is 46.8. The quantitative estimate of drug-likeness (QED) is 0.131. The number of imidazole rings is 1. The third kappa shape index (κ3) is 11.2. The molecule has 2 aromatic carbocycles. The molecule has 2 aromatic heterocycles. The zero-order valence-corrected chi connectivity index (χ0v) is 40.1. The van der Waals surface area contributed by atoms with Crippen LogP contribution in [0.4, 0.5) is 4.79 Å². The molecule has 3 heterocycles. The molecule has 2 bridgehead atoms. The predicted octanol–water partition coefficient (Wildman–Crippen LogP) is 8.24. The molecule has 5 atom stereocenters. The standard InChI is InChI=1S/C48H61N7O8S2.3H2/c1-29(2)55-39-18-14-16-37(43-49-35(28-64-43)23-31-21-19-30(3)20-22-31)40(39)51-45(55)62-36-25-32-24-33(26-36)42(57)52-48(44(58)53-65(60,61)54(7)8)27-34(48)15-12-10-9-11-13-17-38(41(32)56)50-46(59)63-47(4,5)6;;;/h12,14-16,18-22,24,28-29,33-34,36,38H,9-11,13,17,23,25-27H2,1-8H3,(H,50,59)(H,52,57)(H,53,58);3*1H/b15-12-;;;/t33-,34+,36-,38-,48+;;;/m0.../s1. The summed E-state index contributed by atoms with van der Waals surface area (Å²) in [6.07, 6.45) is 8.22. The summed E-state index contributed by atoms with van der Waals surface area (Å²) in [4.78, 5) is 66.3. The fourth-order valence-electron chi connectivity index (χ4n) is 8.46. The van der Waals surface area contributed by atoms with Gasteiger partial charge < -0.3 is 20.1 Å². The Balaban J connectivity index is 0.00000336. The smallest absolute Gasteiger partial charge is 0.408 e. The lowest BCUT2D eigenvalue weighted by molar-refractivity contribution is -0.131. The molecule has 0 unspecified atom stereocenters. The van der Waals surface area contributed by atoms with E-state index in [4.69, 9.17) is 19.4 Å². The molecular formula is C48H67N7O8S2. The van der Waals surface area contributed by atoms with Gasteiger partial charge in [0.2, 0.25) is 5.91 Å². The molecular weight excluding hydrogens is 867 g/mol. The highest BCUT2D eigenvalue weighted by Gasteiger charge is 2.61. The lowest BCUT2D eigenvalue weighted by Crippen LogP contribution is -2.55. The fraction of sp³-hybridized carbons (Fsp3) is 0.500. The molecule has 0 radical (unpaired) electrons. The molecule has 4 aromatic rings. The van der Waals surface area contributed by atoms with Crippen LogP contribution in [0.25, 0.3) is 21.6 Å². The first-order chi connectivity index (χ1) is 30.7. The number of ether oxygens (including phenoxy) is 2. The molecule has 3 N–H and O–H groups in total. The number of aryl methyl sites for hydroxylation is 1. The summed E-state index contributed by atoms with van der Waals surface area (Å²) in [6.45, 7) is 11.4. The number of nitrogens with one attached hydrogen (secondary N) is 3. The molecule has 1 saturated carbocycles. The molecule has 0 spiro atoms. The maximum atomic E-state index is 14.7. The van der Waals surface area contributed by atoms with Gasteiger partial charge in [-0.2, -0.15) is 17.7 Å². The number of alkyl carbamates (subject to hydrolysis) is 1. The summed E-state index contributed by atoms with van der Waals surface area (Å²) >= 11 is 1.55. The largest absolute Gasteiger partial charge is 0.461 e. The van der Waals surface area contributed by atoms with Gasteiger partial charge in [-0.1, -0.05) is 67.0 Å². The van der Waals surface area contributed by atoms with Crippen LogP contribution in [-0.2, 0) is 35.8 Å². The third-order valence-electron chi connectivity index (χ3n) is 12.0. The first-order valence-electron chi connectivity index (χ1n) is 22.4. The van der Waals surface area contributed by atoms with Crippen molar-refractivity contribution in [2.75, 3.05) is 14.1 Å². The van der Waals surface area contributed by atoms with Crippen molar-refractivity contribution < 1.29 is 41.3 Å². The Kier molecular flexibility index (Phi) is 14.1. The van der Waals surface area contributed by atoms with Crippen LogP contribution in [0.5, 0.6) is 6.01 Å². The number of fused-ring (bicyclic) bond motifs is 3. The Bertz CT molecular complexity index is 2630. The summed E-state index contributed by atoms with van der Waals surface area (Å²) in [6, 6.07) is 13.6. The van der Waals surface area contributed by atoms with Crippen LogP contribution in [-0.4, -0.2) is 88.3 Å². The number of carbonyl (C=O) groups is 4. The van der Waals surface area contributed by atoms with Crippen LogP contribution >= 0.6 is 11.3 Å². The fourth-order valence-corrected chi connectivity index (χ4v) is 9.90. The van der Waals surface area contributed by atoms with E-state index in [0.29, 0.717) is 37.2 Å². The van der Waals surface area contributed by atoms with Crippen LogP contribution in [0.1, 0.15) is 113 Å². The number of para-hydroxylation sites is 1. The lowest BCUT2D eigenvalue weighted by atomic mass is 9.83. The van der Waals surface area contributed by atoms with Crippen LogP contribution < -0.4 is 20.1 Å². The minimum Gasteiger partial charge on any atom is -0.461 e. The Labute approximate surface area is 390 Å². The number of hydrogen-bond acceptors (Lipinski definition) is 11. The maximum Gasteiger partial charge on any atom is 0.408 e. The maximum absolute atomic E-state index is 14.7. The Hall–Kier alpha value is -5.39. The summed E-state index contributed by atoms with van der Waals surface area (Å²) in [5.74, 6) is -3.20. The van der Waals surface area contributed by atoms with E-state index in [9.17, 15) is 27.6 Å². The SMILES string of the molecule is Cc1ccc(Cc2csc(-c3cccc4c3nc(O[C@H]3CC5=C[C@@H](C3)C(=O)N[C@]3(C(=O)NS(=O)(=O)N(C)C)C[C@H]3/C=C\CCCCC[C@H](NC(=O)OC(C)(C)C)C5=O)n4C(C)C)n2)cc1.[HH].[HH].[HH]. The second kappa shape index (κ2) is 19.2. The van der Waals surface area contributed by atoms with Crippen molar-refractivity contribution in [1.29, 1.82) is 0 Å². The van der Waals surface area contributed by atoms with E-state index in [1.807, 2.05) is 48.8 Å². The highest BCUT2D eigenvalue weighted by atomic mass is 32.2. The summed E-state index contributed by atoms with van der Waals surface area (Å²) in [7, 11) is -1.56. The number of ketones is 1. The Morgan fingerprint density at radius 2 is 1.83 bits per heavy atom. The molecule has 1 aliphatic heterocycles. The second-order valence-corrected chi connectivity index (χ2v) is 21.7. The average Bonchev–Trinajstić information content (AvgIpc) is 3.51. The molecule has 3 amide bonds. The van der Waals surface area contributed by atoms with E-state index in [1.54, 1.807) is 38.2 Å². The molecule has 15 nitrogen and oxygen atoms in total. The van der Waals surface area contributed by atoms with Crippen molar-refractivity contribution in [3.05, 3.63) is 88.5 Å². The van der Waals surface area contributed by atoms with E-state index < -0.39 is 63.2 Å². The molecule has 7 rings (SSSR count). The Morgan fingerprint density at radius 3 is 2.54 bits per heavy atom. The van der Waals surface area contributed by atoms with Crippen molar-refractivity contribution in [3.63, 3.8) is 0 Å². The number of hydrogen-bond donors (Lipinski definition) is 3. The lowest BCUT2D eigenvalue weighted by Gasteiger charge is -2.31. The van der Waals surface area contributed by atoms with Crippen LogP contribution in [0, 0.1) is 18.8 Å². The van der Waals surface area contributed by atoms with Crippen LogP contribution in [0.15, 0.2) is 71.6 Å². The van der Waals surface area contributed by atoms with Gasteiger partial charge in [0, 0.05) is 54.1 Å². The van der Waals surface area contributed by atoms with Crippen LogP contribution in [0.3, 0.4) is 0 Å². The van der Waals surface area contributed by atoms with Crippen molar-refractivity contribution in [2.24, 2.45) is 11.8 Å². The molecule has 1 fully saturated rings. The highest BCUT2D eigenvalue weighted by Crippen LogP contribution is 2.46. The molecule has 2 aliphatic carbocycles. The number of nitrogens with zero attached hydrogens (tertiary/aromatic N) is 4. The van der Waals surface area contributed by atoms with E-state index in [2.05, 4.69) is 51.9 Å². The van der Waals surface area contributed by atoms with Gasteiger partial charge in [-0.3, -0.25) is 19.0 Å². The van der Waals surface area contributed by atoms with Gasteiger partial charge in [0.05, 0.1) is 23.2 Å². The molecule has 17 heteroatoms. The van der Waals surface area contributed by atoms with E-state index in [0.717, 1.165) is 38.9 Å².